The average molecular weight is 508 g/mol. The van der Waals surface area contributed by atoms with E-state index >= 15 is 0 Å². The van der Waals surface area contributed by atoms with Gasteiger partial charge in [0, 0.05) is 61.7 Å². The molecule has 8 nitrogen and oxygen atoms in total. The molecule has 37 heavy (non-hydrogen) atoms. The number of methoxy groups -OCH3 is 1. The van der Waals surface area contributed by atoms with E-state index in [-0.39, 0.29) is 17.3 Å². The molecule has 2 aromatic carbocycles. The molecular formula is C26H24F3N7O. The van der Waals surface area contributed by atoms with E-state index in [9.17, 15) is 13.2 Å². The first-order valence-electron chi connectivity index (χ1n) is 11.6. The number of piperazine rings is 1. The molecule has 0 saturated carbocycles. The van der Waals surface area contributed by atoms with E-state index in [1.54, 1.807) is 48.8 Å². The van der Waals surface area contributed by atoms with Gasteiger partial charge < -0.3 is 19.9 Å². The second kappa shape index (κ2) is 10.3. The molecule has 5 rings (SSSR count). The second-order valence-corrected chi connectivity index (χ2v) is 8.34. The van der Waals surface area contributed by atoms with Crippen LogP contribution < -0.4 is 19.9 Å². The van der Waals surface area contributed by atoms with Crippen LogP contribution in [-0.4, -0.2) is 53.2 Å². The SMILES string of the molecule is COc1ccccc1-c1ccnc(Nc2ccc(N3CCN(c4ncccn4)CC3)c(C(F)(F)F)c2)n1. The molecule has 1 saturated heterocycles. The van der Waals surface area contributed by atoms with Crippen molar-refractivity contribution in [3.05, 3.63) is 78.8 Å². The molecule has 0 aliphatic carbocycles. The fourth-order valence-corrected chi connectivity index (χ4v) is 4.27. The number of alkyl halides is 3. The van der Waals surface area contributed by atoms with Gasteiger partial charge in [-0.25, -0.2) is 19.9 Å². The smallest absolute Gasteiger partial charge is 0.418 e. The van der Waals surface area contributed by atoms with Crippen LogP contribution >= 0.6 is 0 Å². The minimum Gasteiger partial charge on any atom is -0.496 e. The lowest BCUT2D eigenvalue weighted by Gasteiger charge is -2.37. The van der Waals surface area contributed by atoms with Gasteiger partial charge in [-0.2, -0.15) is 13.2 Å². The van der Waals surface area contributed by atoms with E-state index < -0.39 is 11.7 Å². The Morgan fingerprint density at radius 2 is 1.57 bits per heavy atom. The van der Waals surface area contributed by atoms with E-state index in [0.29, 0.717) is 43.6 Å². The average Bonchev–Trinajstić information content (AvgIpc) is 2.93. The van der Waals surface area contributed by atoms with Crippen LogP contribution in [-0.2, 0) is 6.18 Å². The van der Waals surface area contributed by atoms with E-state index in [0.717, 1.165) is 11.6 Å². The van der Waals surface area contributed by atoms with Crippen molar-refractivity contribution >= 4 is 23.3 Å². The Morgan fingerprint density at radius 1 is 0.838 bits per heavy atom. The maximum atomic E-state index is 14.1. The molecule has 1 N–H and O–H groups in total. The summed E-state index contributed by atoms with van der Waals surface area (Å²) in [6.07, 6.45) is 0.314. The van der Waals surface area contributed by atoms with Gasteiger partial charge in [-0.05, 0) is 42.5 Å². The first kappa shape index (κ1) is 24.3. The molecular weight excluding hydrogens is 483 g/mol. The van der Waals surface area contributed by atoms with Crippen LogP contribution in [0.3, 0.4) is 0 Å². The number of para-hydroxylation sites is 1. The highest BCUT2D eigenvalue weighted by atomic mass is 19.4. The molecule has 0 spiro atoms. The maximum Gasteiger partial charge on any atom is 0.418 e. The van der Waals surface area contributed by atoms with Crippen molar-refractivity contribution in [1.29, 1.82) is 0 Å². The highest BCUT2D eigenvalue weighted by Gasteiger charge is 2.36. The van der Waals surface area contributed by atoms with E-state index in [1.807, 2.05) is 29.2 Å². The number of ether oxygens (including phenoxy) is 1. The van der Waals surface area contributed by atoms with Crippen molar-refractivity contribution in [3.63, 3.8) is 0 Å². The lowest BCUT2D eigenvalue weighted by Crippen LogP contribution is -2.47. The van der Waals surface area contributed by atoms with Crippen LogP contribution in [0.5, 0.6) is 5.75 Å². The normalized spacial score (nSPS) is 13.9. The molecule has 0 bridgehead atoms. The van der Waals surface area contributed by atoms with Crippen LogP contribution in [0.1, 0.15) is 5.56 Å². The topological polar surface area (TPSA) is 79.3 Å². The van der Waals surface area contributed by atoms with Crippen LogP contribution in [0.4, 0.5) is 36.4 Å². The van der Waals surface area contributed by atoms with E-state index in [1.165, 1.54) is 6.07 Å². The number of hydrogen-bond donors (Lipinski definition) is 1. The standard InChI is InChI=1S/C26H24F3N7O/c1-37-23-6-3-2-5-19(23)21-9-12-30-24(34-21)33-18-7-8-22(20(17-18)26(27,28)29)35-13-15-36(16-14-35)25-31-10-4-11-32-25/h2-12,17H,13-16H2,1H3,(H,30,33,34). The summed E-state index contributed by atoms with van der Waals surface area (Å²) in [4.78, 5) is 20.8. The monoisotopic (exact) mass is 507 g/mol. The van der Waals surface area contributed by atoms with Crippen molar-refractivity contribution < 1.29 is 17.9 Å². The number of hydrogen-bond acceptors (Lipinski definition) is 8. The maximum absolute atomic E-state index is 14.1. The van der Waals surface area contributed by atoms with Crippen molar-refractivity contribution in [3.8, 4) is 17.0 Å². The summed E-state index contributed by atoms with van der Waals surface area (Å²) in [5.41, 5.74) is 0.993. The van der Waals surface area contributed by atoms with Gasteiger partial charge >= 0.3 is 6.18 Å². The molecule has 11 heteroatoms. The molecule has 1 fully saturated rings. The molecule has 0 unspecified atom stereocenters. The minimum atomic E-state index is -4.53. The third-order valence-electron chi connectivity index (χ3n) is 6.05. The highest BCUT2D eigenvalue weighted by molar-refractivity contribution is 5.69. The zero-order valence-electron chi connectivity index (χ0n) is 20.0. The van der Waals surface area contributed by atoms with Crippen molar-refractivity contribution in [2.24, 2.45) is 0 Å². The van der Waals surface area contributed by atoms with E-state index in [2.05, 4.69) is 25.3 Å². The molecule has 0 radical (unpaired) electrons. The molecule has 2 aromatic heterocycles. The fourth-order valence-electron chi connectivity index (χ4n) is 4.27. The summed E-state index contributed by atoms with van der Waals surface area (Å²) in [6.45, 7) is 1.87. The quantitative estimate of drug-likeness (QED) is 0.389. The Morgan fingerprint density at radius 3 is 2.30 bits per heavy atom. The first-order valence-corrected chi connectivity index (χ1v) is 11.6. The zero-order valence-corrected chi connectivity index (χ0v) is 20.0. The van der Waals surface area contributed by atoms with Gasteiger partial charge in [-0.1, -0.05) is 12.1 Å². The number of anilines is 4. The van der Waals surface area contributed by atoms with Crippen LogP contribution in [0.25, 0.3) is 11.3 Å². The van der Waals surface area contributed by atoms with Crippen molar-refractivity contribution in [2.75, 3.05) is 48.4 Å². The Balaban J connectivity index is 1.37. The summed E-state index contributed by atoms with van der Waals surface area (Å²) in [5, 5.41) is 2.92. The second-order valence-electron chi connectivity index (χ2n) is 8.34. The van der Waals surface area contributed by atoms with Gasteiger partial charge in [0.1, 0.15) is 5.75 Å². The number of benzene rings is 2. The molecule has 4 aromatic rings. The summed E-state index contributed by atoms with van der Waals surface area (Å²) < 4.78 is 47.7. The number of halogens is 3. The van der Waals surface area contributed by atoms with Crippen molar-refractivity contribution in [1.82, 2.24) is 19.9 Å². The predicted octanol–water partition coefficient (Wildman–Crippen LogP) is 5.03. The lowest BCUT2D eigenvalue weighted by molar-refractivity contribution is -0.137. The highest BCUT2D eigenvalue weighted by Crippen LogP contribution is 2.39. The van der Waals surface area contributed by atoms with Crippen LogP contribution in [0.15, 0.2) is 73.2 Å². The molecule has 0 atom stereocenters. The first-order chi connectivity index (χ1) is 17.9. The third kappa shape index (κ3) is 5.40. The Bertz CT molecular complexity index is 1360. The Labute approximate surface area is 211 Å². The van der Waals surface area contributed by atoms with Crippen LogP contribution in [0.2, 0.25) is 0 Å². The number of aromatic nitrogens is 4. The summed E-state index contributed by atoms with van der Waals surface area (Å²) >= 11 is 0. The van der Waals surface area contributed by atoms with E-state index in [4.69, 9.17) is 4.74 Å². The fraction of sp³-hybridized carbons (Fsp3) is 0.231. The van der Waals surface area contributed by atoms with Gasteiger partial charge in [-0.3, -0.25) is 0 Å². The van der Waals surface area contributed by atoms with Gasteiger partial charge in [-0.15, -0.1) is 0 Å². The minimum absolute atomic E-state index is 0.135. The van der Waals surface area contributed by atoms with Gasteiger partial charge in [0.05, 0.1) is 18.4 Å². The van der Waals surface area contributed by atoms with Crippen LogP contribution in [0, 0.1) is 0 Å². The largest absolute Gasteiger partial charge is 0.496 e. The predicted molar refractivity (Wildman–Crippen MR) is 135 cm³/mol. The summed E-state index contributed by atoms with van der Waals surface area (Å²) in [6, 6.07) is 15.0. The van der Waals surface area contributed by atoms with Crippen molar-refractivity contribution in [2.45, 2.75) is 6.18 Å². The third-order valence-corrected chi connectivity index (χ3v) is 6.05. The zero-order chi connectivity index (χ0) is 25.8. The Hall–Kier alpha value is -4.41. The number of rotatable bonds is 6. The summed E-state index contributed by atoms with van der Waals surface area (Å²) in [5.74, 6) is 1.39. The molecule has 0 amide bonds. The molecule has 3 heterocycles. The lowest BCUT2D eigenvalue weighted by atomic mass is 10.1. The summed E-state index contributed by atoms with van der Waals surface area (Å²) in [7, 11) is 1.56. The van der Waals surface area contributed by atoms with Gasteiger partial charge in [0.15, 0.2) is 0 Å². The number of nitrogens with zero attached hydrogens (tertiary/aromatic N) is 6. The Kier molecular flexibility index (Phi) is 6.76. The van der Waals surface area contributed by atoms with Gasteiger partial charge in [0.25, 0.3) is 0 Å². The molecule has 190 valence electrons. The molecule has 1 aliphatic rings. The number of nitrogens with one attached hydrogen (secondary N) is 1. The van der Waals surface area contributed by atoms with Gasteiger partial charge in [0.2, 0.25) is 11.9 Å². The molecule has 1 aliphatic heterocycles.